The highest BCUT2D eigenvalue weighted by Gasteiger charge is 2.19. The predicted molar refractivity (Wildman–Crippen MR) is 79.2 cm³/mol. The minimum absolute atomic E-state index is 0.731. The second-order valence-corrected chi connectivity index (χ2v) is 5.61. The number of hydrogen-bond acceptors (Lipinski definition) is 3. The van der Waals surface area contributed by atoms with Crippen molar-refractivity contribution in [3.05, 3.63) is 17.5 Å². The molecule has 0 aliphatic carbocycles. The van der Waals surface area contributed by atoms with Gasteiger partial charge in [0.25, 0.3) is 0 Å². The highest BCUT2D eigenvalue weighted by atomic mass is 15.3. The summed E-state index contributed by atoms with van der Waals surface area (Å²) < 4.78 is 2.04. The minimum atomic E-state index is 0.731. The quantitative estimate of drug-likeness (QED) is 0.852. The van der Waals surface area contributed by atoms with Crippen molar-refractivity contribution in [1.29, 1.82) is 0 Å². The van der Waals surface area contributed by atoms with E-state index in [1.165, 1.54) is 43.7 Å². The largest absolute Gasteiger partial charge is 0.314 e. The van der Waals surface area contributed by atoms with E-state index in [0.29, 0.717) is 0 Å². The lowest BCUT2D eigenvalue weighted by Crippen LogP contribution is -2.42. The zero-order valence-electron chi connectivity index (χ0n) is 12.7. The van der Waals surface area contributed by atoms with Crippen LogP contribution < -0.4 is 5.32 Å². The molecule has 2 rings (SSSR count). The van der Waals surface area contributed by atoms with Gasteiger partial charge in [-0.25, -0.2) is 0 Å². The summed E-state index contributed by atoms with van der Waals surface area (Å²) in [5.41, 5.74) is 2.55. The maximum atomic E-state index is 4.53. The highest BCUT2D eigenvalue weighted by Crippen LogP contribution is 2.14. The Morgan fingerprint density at radius 2 is 2.05 bits per heavy atom. The summed E-state index contributed by atoms with van der Waals surface area (Å²) in [5.74, 6) is 0. The zero-order valence-corrected chi connectivity index (χ0v) is 12.7. The molecule has 0 unspecified atom stereocenters. The topological polar surface area (TPSA) is 33.1 Å². The van der Waals surface area contributed by atoms with Gasteiger partial charge in [-0.1, -0.05) is 13.8 Å². The molecule has 1 aromatic rings. The molecule has 1 fully saturated rings. The average Bonchev–Trinajstić information content (AvgIpc) is 2.79. The second kappa shape index (κ2) is 7.06. The lowest BCUT2D eigenvalue weighted by molar-refractivity contribution is 0.187. The first-order valence-corrected chi connectivity index (χ1v) is 7.70. The van der Waals surface area contributed by atoms with Crippen LogP contribution in [0.2, 0.25) is 0 Å². The first-order valence-electron chi connectivity index (χ1n) is 7.70. The average molecular weight is 264 g/mol. The number of rotatable bonds is 6. The van der Waals surface area contributed by atoms with E-state index in [0.717, 1.165) is 25.6 Å². The number of likely N-dealkylation sites (tertiary alicyclic amines) is 1. The molecule has 0 atom stereocenters. The van der Waals surface area contributed by atoms with Crippen LogP contribution in [0.1, 0.15) is 44.5 Å². The Labute approximate surface area is 117 Å². The molecule has 1 aromatic heterocycles. The molecular weight excluding hydrogens is 236 g/mol. The molecule has 1 aliphatic heterocycles. The van der Waals surface area contributed by atoms with Crippen LogP contribution in [-0.4, -0.2) is 40.4 Å². The van der Waals surface area contributed by atoms with Crippen LogP contribution in [0, 0.1) is 0 Å². The van der Waals surface area contributed by atoms with Gasteiger partial charge in [0.15, 0.2) is 0 Å². The van der Waals surface area contributed by atoms with Crippen molar-refractivity contribution in [3.8, 4) is 0 Å². The normalized spacial score (nSPS) is 18.1. The van der Waals surface area contributed by atoms with Gasteiger partial charge in [-0.15, -0.1) is 0 Å². The Kier molecular flexibility index (Phi) is 5.40. The van der Waals surface area contributed by atoms with Gasteiger partial charge in [0, 0.05) is 32.7 Å². The minimum Gasteiger partial charge on any atom is -0.314 e. The van der Waals surface area contributed by atoms with E-state index in [4.69, 9.17) is 0 Å². The van der Waals surface area contributed by atoms with Gasteiger partial charge in [-0.3, -0.25) is 9.58 Å². The third-order valence-electron chi connectivity index (χ3n) is 4.05. The van der Waals surface area contributed by atoms with Crippen molar-refractivity contribution < 1.29 is 0 Å². The lowest BCUT2D eigenvalue weighted by atomic mass is 10.0. The molecule has 4 nitrogen and oxygen atoms in total. The van der Waals surface area contributed by atoms with Crippen LogP contribution in [0.4, 0.5) is 0 Å². The lowest BCUT2D eigenvalue weighted by Gasteiger charge is -2.32. The van der Waals surface area contributed by atoms with Crippen molar-refractivity contribution in [2.75, 3.05) is 19.6 Å². The maximum absolute atomic E-state index is 4.53. The fourth-order valence-electron chi connectivity index (χ4n) is 2.77. The Hall–Kier alpha value is -0.870. The molecule has 0 radical (unpaired) electrons. The number of nitrogens with one attached hydrogen (secondary N) is 1. The number of aromatic nitrogens is 2. The summed E-state index contributed by atoms with van der Waals surface area (Å²) in [7, 11) is 2.06. The first-order chi connectivity index (χ1) is 9.22. The Morgan fingerprint density at radius 1 is 1.32 bits per heavy atom. The molecule has 1 saturated heterocycles. The summed E-state index contributed by atoms with van der Waals surface area (Å²) in [5, 5.41) is 8.16. The van der Waals surface area contributed by atoms with Gasteiger partial charge in [-0.05, 0) is 38.3 Å². The third-order valence-corrected chi connectivity index (χ3v) is 4.05. The van der Waals surface area contributed by atoms with E-state index in [-0.39, 0.29) is 0 Å². The monoisotopic (exact) mass is 264 g/mol. The molecule has 0 bridgehead atoms. The van der Waals surface area contributed by atoms with Crippen molar-refractivity contribution >= 4 is 0 Å². The number of hydrogen-bond donors (Lipinski definition) is 1. The van der Waals surface area contributed by atoms with Gasteiger partial charge >= 0.3 is 0 Å². The molecule has 4 heteroatoms. The molecule has 2 heterocycles. The van der Waals surface area contributed by atoms with Crippen LogP contribution in [0.5, 0.6) is 0 Å². The molecule has 0 amide bonds. The summed E-state index contributed by atoms with van der Waals surface area (Å²) in [6.45, 7) is 9.01. The van der Waals surface area contributed by atoms with Crippen molar-refractivity contribution in [2.45, 2.75) is 52.1 Å². The van der Waals surface area contributed by atoms with Gasteiger partial charge in [0.05, 0.1) is 11.4 Å². The standard InChI is InChI=1S/C15H28N4/c1-4-8-16-14-6-9-19(10-7-14)12-15-11-13(5-2)17-18(15)3/h11,14,16H,4-10,12H2,1-3H3. The zero-order chi connectivity index (χ0) is 13.7. The molecular formula is C15H28N4. The smallest absolute Gasteiger partial charge is 0.0625 e. The molecule has 0 aromatic carbocycles. The maximum Gasteiger partial charge on any atom is 0.0625 e. The Morgan fingerprint density at radius 3 is 2.63 bits per heavy atom. The number of piperidine rings is 1. The van der Waals surface area contributed by atoms with E-state index in [1.807, 2.05) is 4.68 Å². The third kappa shape index (κ3) is 4.05. The van der Waals surface area contributed by atoms with E-state index in [9.17, 15) is 0 Å². The molecule has 0 saturated carbocycles. The van der Waals surface area contributed by atoms with Crippen molar-refractivity contribution in [2.24, 2.45) is 7.05 Å². The van der Waals surface area contributed by atoms with E-state index in [1.54, 1.807) is 0 Å². The van der Waals surface area contributed by atoms with Crippen LogP contribution in [-0.2, 0) is 20.0 Å². The van der Waals surface area contributed by atoms with E-state index in [2.05, 4.69) is 42.3 Å². The predicted octanol–water partition coefficient (Wildman–Crippen LogP) is 1.95. The molecule has 19 heavy (non-hydrogen) atoms. The number of aryl methyl sites for hydroxylation is 2. The number of nitrogens with zero attached hydrogens (tertiary/aromatic N) is 3. The van der Waals surface area contributed by atoms with E-state index < -0.39 is 0 Å². The second-order valence-electron chi connectivity index (χ2n) is 5.61. The fourth-order valence-corrected chi connectivity index (χ4v) is 2.77. The van der Waals surface area contributed by atoms with Crippen LogP contribution in [0.3, 0.4) is 0 Å². The van der Waals surface area contributed by atoms with Crippen LogP contribution >= 0.6 is 0 Å². The Balaban J connectivity index is 1.80. The van der Waals surface area contributed by atoms with Gasteiger partial charge < -0.3 is 5.32 Å². The van der Waals surface area contributed by atoms with E-state index >= 15 is 0 Å². The summed E-state index contributed by atoms with van der Waals surface area (Å²) in [4.78, 5) is 2.56. The first kappa shape index (κ1) is 14.5. The fraction of sp³-hybridized carbons (Fsp3) is 0.800. The summed E-state index contributed by atoms with van der Waals surface area (Å²) in [6.07, 6.45) is 4.81. The van der Waals surface area contributed by atoms with Crippen LogP contribution in [0.15, 0.2) is 6.07 Å². The summed E-state index contributed by atoms with van der Waals surface area (Å²) in [6, 6.07) is 2.98. The molecule has 1 N–H and O–H groups in total. The molecule has 1 aliphatic rings. The summed E-state index contributed by atoms with van der Waals surface area (Å²) >= 11 is 0. The molecule has 0 spiro atoms. The highest BCUT2D eigenvalue weighted by molar-refractivity contribution is 5.10. The molecule has 108 valence electrons. The Bertz CT molecular complexity index is 377. The van der Waals surface area contributed by atoms with Gasteiger partial charge in [-0.2, -0.15) is 5.10 Å². The van der Waals surface area contributed by atoms with Gasteiger partial charge in [0.2, 0.25) is 0 Å². The van der Waals surface area contributed by atoms with Crippen molar-refractivity contribution in [1.82, 2.24) is 20.0 Å². The van der Waals surface area contributed by atoms with Crippen molar-refractivity contribution in [3.63, 3.8) is 0 Å². The van der Waals surface area contributed by atoms with Crippen LogP contribution in [0.25, 0.3) is 0 Å². The SMILES string of the molecule is CCCNC1CCN(Cc2cc(CC)nn2C)CC1. The van der Waals surface area contributed by atoms with Gasteiger partial charge in [0.1, 0.15) is 0 Å².